The zero-order chi connectivity index (χ0) is 20.9. The number of rotatable bonds is 2. The Morgan fingerprint density at radius 3 is 1.77 bits per heavy atom. The van der Waals surface area contributed by atoms with Gasteiger partial charge in [0.25, 0.3) is 0 Å². The molecule has 0 atom stereocenters. The third kappa shape index (κ3) is 8.42. The molecule has 3 rings (SSSR count). The molecule has 2 saturated heterocycles. The maximum atomic E-state index is 12.6. The molecule has 0 aromatic rings. The van der Waals surface area contributed by atoms with Gasteiger partial charge in [0.15, 0.2) is 0 Å². The minimum absolute atomic E-state index is 0.242. The lowest BCUT2D eigenvalue weighted by molar-refractivity contribution is -0.518. The van der Waals surface area contributed by atoms with Gasteiger partial charge in [0, 0.05) is 32.4 Å². The lowest BCUT2D eigenvalue weighted by atomic mass is 9.83. The summed E-state index contributed by atoms with van der Waals surface area (Å²) < 4.78 is 5.35. The van der Waals surface area contributed by atoms with Gasteiger partial charge in [-0.05, 0) is 31.6 Å². The molecular weight excluding hydrogens is 386 g/mol. The minimum Gasteiger partial charge on any atom is -0.378 e. The number of hydrogen-bond acceptors (Lipinski definition) is 6. The maximum Gasteiger partial charge on any atom is 0.234 e. The Kier molecular flexibility index (Phi) is 10.9. The van der Waals surface area contributed by atoms with E-state index in [9.17, 15) is 4.79 Å². The molecule has 1 saturated carbocycles. The van der Waals surface area contributed by atoms with Gasteiger partial charge in [0.05, 0.1) is 26.4 Å². The predicted molar refractivity (Wildman–Crippen MR) is 112 cm³/mol. The average Bonchev–Trinajstić information content (AvgIpc) is 2.78. The molecule has 2 heterocycles. The molecule has 0 radical (unpaired) electrons. The van der Waals surface area contributed by atoms with E-state index in [1.54, 1.807) is 0 Å². The van der Waals surface area contributed by atoms with Crippen LogP contribution in [-0.2, 0) is 29.1 Å². The standard InChI is InChI=1S/C23H41NO6/c25-22(24-14-18-26-19-15-24)20-21-10-12-23(13-11-21)29-27-16-8-6-4-2-1-3-5-7-9-17-28-30-23/h21H,1-20H2. The first-order valence-electron chi connectivity index (χ1n) is 12.2. The molecule has 0 aromatic carbocycles. The van der Waals surface area contributed by atoms with E-state index < -0.39 is 5.79 Å². The highest BCUT2D eigenvalue weighted by atomic mass is 17.3. The molecule has 174 valence electrons. The van der Waals surface area contributed by atoms with Crippen LogP contribution in [0, 0.1) is 5.92 Å². The van der Waals surface area contributed by atoms with E-state index in [1.165, 1.54) is 44.9 Å². The monoisotopic (exact) mass is 427 g/mol. The second-order valence-corrected chi connectivity index (χ2v) is 9.04. The number of nitrogens with zero attached hydrogens (tertiary/aromatic N) is 1. The molecule has 7 heteroatoms. The quantitative estimate of drug-likeness (QED) is 0.603. The minimum atomic E-state index is -0.838. The second-order valence-electron chi connectivity index (χ2n) is 9.04. The van der Waals surface area contributed by atoms with Gasteiger partial charge in [0.2, 0.25) is 11.7 Å². The molecule has 7 nitrogen and oxygen atoms in total. The Morgan fingerprint density at radius 2 is 1.23 bits per heavy atom. The summed E-state index contributed by atoms with van der Waals surface area (Å²) in [5, 5.41) is 0. The summed E-state index contributed by atoms with van der Waals surface area (Å²) >= 11 is 0. The summed E-state index contributed by atoms with van der Waals surface area (Å²) in [6.07, 6.45) is 14.6. The Bertz CT molecular complexity index is 456. The van der Waals surface area contributed by atoms with Crippen LogP contribution in [0.5, 0.6) is 0 Å². The molecule has 1 spiro atoms. The third-order valence-electron chi connectivity index (χ3n) is 6.57. The van der Waals surface area contributed by atoms with E-state index in [-0.39, 0.29) is 5.91 Å². The SMILES string of the molecule is O=C(CC1CCC2(CC1)OOCCCCCCCCCCCOO2)N1CCOCC1. The number of morpholine rings is 1. The average molecular weight is 428 g/mol. The molecule has 0 N–H and O–H groups in total. The molecule has 30 heavy (non-hydrogen) atoms. The van der Waals surface area contributed by atoms with E-state index in [0.29, 0.717) is 64.7 Å². The molecule has 0 unspecified atom stereocenters. The number of carbonyl (C=O) groups excluding carboxylic acids is 1. The third-order valence-corrected chi connectivity index (χ3v) is 6.57. The summed E-state index contributed by atoms with van der Waals surface area (Å²) in [5.41, 5.74) is 0. The summed E-state index contributed by atoms with van der Waals surface area (Å²) in [6.45, 7) is 3.90. The van der Waals surface area contributed by atoms with Gasteiger partial charge >= 0.3 is 0 Å². The topological polar surface area (TPSA) is 66.5 Å². The van der Waals surface area contributed by atoms with Crippen molar-refractivity contribution in [3.63, 3.8) is 0 Å². The van der Waals surface area contributed by atoms with Crippen molar-refractivity contribution in [2.75, 3.05) is 39.5 Å². The molecular formula is C23H41NO6. The van der Waals surface area contributed by atoms with Crippen LogP contribution in [0.1, 0.15) is 89.9 Å². The highest BCUT2D eigenvalue weighted by molar-refractivity contribution is 5.76. The smallest absolute Gasteiger partial charge is 0.234 e. The zero-order valence-electron chi connectivity index (χ0n) is 18.6. The van der Waals surface area contributed by atoms with Crippen LogP contribution in [0.2, 0.25) is 0 Å². The van der Waals surface area contributed by atoms with Crippen molar-refractivity contribution < 1.29 is 29.1 Å². The van der Waals surface area contributed by atoms with Gasteiger partial charge in [-0.25, -0.2) is 9.78 Å². The number of amides is 1. The zero-order valence-corrected chi connectivity index (χ0v) is 18.6. The molecule has 3 aliphatic rings. The van der Waals surface area contributed by atoms with Crippen LogP contribution in [0.3, 0.4) is 0 Å². The predicted octanol–water partition coefficient (Wildman–Crippen LogP) is 4.54. The molecule has 0 bridgehead atoms. The summed E-state index contributed by atoms with van der Waals surface area (Å²) in [4.78, 5) is 37.1. The largest absolute Gasteiger partial charge is 0.378 e. The Labute approximate surface area is 181 Å². The van der Waals surface area contributed by atoms with Gasteiger partial charge in [-0.1, -0.05) is 44.9 Å². The van der Waals surface area contributed by atoms with Crippen LogP contribution in [0.4, 0.5) is 0 Å². The van der Waals surface area contributed by atoms with Crippen molar-refractivity contribution in [3.05, 3.63) is 0 Å². The van der Waals surface area contributed by atoms with Crippen LogP contribution < -0.4 is 0 Å². The maximum absolute atomic E-state index is 12.6. The van der Waals surface area contributed by atoms with Crippen molar-refractivity contribution in [3.8, 4) is 0 Å². The van der Waals surface area contributed by atoms with Gasteiger partial charge < -0.3 is 9.64 Å². The number of ether oxygens (including phenoxy) is 1. The fourth-order valence-corrected chi connectivity index (χ4v) is 4.55. The Balaban J connectivity index is 1.44. The fraction of sp³-hybridized carbons (Fsp3) is 0.957. The van der Waals surface area contributed by atoms with Crippen LogP contribution in [-0.4, -0.2) is 56.1 Å². The van der Waals surface area contributed by atoms with Crippen LogP contribution >= 0.6 is 0 Å². The molecule has 3 fully saturated rings. The summed E-state index contributed by atoms with van der Waals surface area (Å²) in [6, 6.07) is 0. The van der Waals surface area contributed by atoms with Crippen molar-refractivity contribution >= 4 is 5.91 Å². The number of hydrogen-bond donors (Lipinski definition) is 0. The molecule has 0 aromatic heterocycles. The van der Waals surface area contributed by atoms with Crippen molar-refractivity contribution in [2.24, 2.45) is 5.92 Å². The fourth-order valence-electron chi connectivity index (χ4n) is 4.55. The normalized spacial score (nSPS) is 26.5. The lowest BCUT2D eigenvalue weighted by Gasteiger charge is -2.37. The van der Waals surface area contributed by atoms with Gasteiger partial charge in [-0.15, -0.1) is 0 Å². The van der Waals surface area contributed by atoms with E-state index in [2.05, 4.69) is 0 Å². The summed E-state index contributed by atoms with van der Waals surface area (Å²) in [7, 11) is 0. The van der Waals surface area contributed by atoms with E-state index in [1.807, 2.05) is 4.90 Å². The van der Waals surface area contributed by atoms with E-state index in [0.717, 1.165) is 25.7 Å². The first-order valence-corrected chi connectivity index (χ1v) is 12.2. The van der Waals surface area contributed by atoms with Crippen LogP contribution in [0.25, 0.3) is 0 Å². The van der Waals surface area contributed by atoms with Gasteiger partial charge in [0.1, 0.15) is 0 Å². The second kappa shape index (κ2) is 13.6. The van der Waals surface area contributed by atoms with Crippen molar-refractivity contribution in [1.29, 1.82) is 0 Å². The Hall–Kier alpha value is -0.730. The molecule has 1 amide bonds. The highest BCUT2D eigenvalue weighted by Crippen LogP contribution is 2.38. The van der Waals surface area contributed by atoms with Crippen molar-refractivity contribution in [1.82, 2.24) is 4.90 Å². The van der Waals surface area contributed by atoms with Crippen LogP contribution in [0.15, 0.2) is 0 Å². The molecule has 2 aliphatic heterocycles. The van der Waals surface area contributed by atoms with E-state index in [4.69, 9.17) is 24.3 Å². The first-order chi connectivity index (χ1) is 14.8. The molecule has 1 aliphatic carbocycles. The number of carbonyl (C=O) groups is 1. The highest BCUT2D eigenvalue weighted by Gasteiger charge is 2.41. The van der Waals surface area contributed by atoms with Gasteiger partial charge in [-0.3, -0.25) is 4.79 Å². The first kappa shape index (κ1) is 23.9. The van der Waals surface area contributed by atoms with Gasteiger partial charge in [-0.2, -0.15) is 9.78 Å². The lowest BCUT2D eigenvalue weighted by Crippen LogP contribution is -2.43. The Morgan fingerprint density at radius 1 is 0.733 bits per heavy atom. The van der Waals surface area contributed by atoms with E-state index >= 15 is 0 Å². The summed E-state index contributed by atoms with van der Waals surface area (Å²) in [5.74, 6) is -0.236. The van der Waals surface area contributed by atoms with Crippen molar-refractivity contribution in [2.45, 2.75) is 95.7 Å².